The molecule has 2 N–H and O–H groups in total. The summed E-state index contributed by atoms with van der Waals surface area (Å²) < 4.78 is 0. The van der Waals surface area contributed by atoms with Crippen molar-refractivity contribution in [2.24, 2.45) is 0 Å². The molecule has 0 atom stereocenters. The summed E-state index contributed by atoms with van der Waals surface area (Å²) in [5, 5.41) is 8.89. The fourth-order valence-electron chi connectivity index (χ4n) is 0. The van der Waals surface area contributed by atoms with E-state index in [2.05, 4.69) is 0 Å². The summed E-state index contributed by atoms with van der Waals surface area (Å²) in [6.45, 7) is 0.972. The summed E-state index contributed by atoms with van der Waals surface area (Å²) in [4.78, 5) is 8.89. The van der Waals surface area contributed by atoms with E-state index in [0.29, 0.717) is 0 Å². The molecule has 4 heteroatoms. The summed E-state index contributed by atoms with van der Waals surface area (Å²) in [6.07, 6.45) is 0. The van der Waals surface area contributed by atoms with Crippen LogP contribution in [-0.4, -0.2) is 11.4 Å². The van der Waals surface area contributed by atoms with Crippen LogP contribution >= 0.6 is 0 Å². The van der Waals surface area contributed by atoms with Crippen molar-refractivity contribution in [1.82, 2.24) is 0 Å². The van der Waals surface area contributed by atoms with E-state index in [9.17, 15) is 0 Å². The molecule has 0 aromatic carbocycles. The largest absolute Gasteiger partial charge is 3.00 e. The minimum atomic E-state index is -1.08. The Hall–Kier alpha value is 0.677. The van der Waals surface area contributed by atoms with E-state index in [0.717, 1.165) is 6.92 Å². The fraction of sp³-hybridized carbons (Fsp3) is 0.500. The number of hydrogen-bond acceptors (Lipinski definition) is 2. The van der Waals surface area contributed by atoms with Crippen LogP contribution in [0, 0.1) is 37.3 Å². The maximum atomic E-state index is 8.89. The number of aliphatic carboxylic acids is 1. The minimum absolute atomic E-state index is 0. The van der Waals surface area contributed by atoms with Crippen molar-refractivity contribution in [2.75, 3.05) is 0 Å². The molecule has 3 nitrogen and oxygen atoms in total. The van der Waals surface area contributed by atoms with Gasteiger partial charge in [0.05, 0.1) is 0 Å². The van der Waals surface area contributed by atoms with Crippen molar-refractivity contribution in [3.8, 4) is 0 Å². The third-order valence-corrected chi connectivity index (χ3v) is 0. The van der Waals surface area contributed by atoms with Crippen LogP contribution in [0.4, 0.5) is 0 Å². The van der Waals surface area contributed by atoms with Gasteiger partial charge in [-0.25, -0.2) is 0 Å². The molecule has 0 aromatic heterocycles. The van der Waals surface area contributed by atoms with Gasteiger partial charge in [0, 0.05) is 5.97 Å². The zero-order valence-corrected chi connectivity index (χ0v) is 4.96. The van der Waals surface area contributed by atoms with Gasteiger partial charge in [-0.2, -0.15) is 0 Å². The van der Waals surface area contributed by atoms with Crippen LogP contribution < -0.4 is 5.11 Å². The molecule has 0 spiro atoms. The predicted molar refractivity (Wildman–Crippen MR) is 14.3 cm³/mol. The van der Waals surface area contributed by atoms with E-state index < -0.39 is 5.97 Å². The second kappa shape index (κ2) is 9.18. The Morgan fingerprint density at radius 1 is 1.67 bits per heavy atom. The molecular formula is C2H5ErO3+2. The molecule has 0 amide bonds. The zero-order chi connectivity index (χ0) is 3.58. The van der Waals surface area contributed by atoms with Gasteiger partial charge in [0.1, 0.15) is 0 Å². The average molecular weight is 244 g/mol. The van der Waals surface area contributed by atoms with Gasteiger partial charge in [-0.15, -0.1) is 0 Å². The molecule has 0 saturated carbocycles. The quantitative estimate of drug-likeness (QED) is 0.491. The van der Waals surface area contributed by atoms with Crippen molar-refractivity contribution in [2.45, 2.75) is 6.92 Å². The smallest absolute Gasteiger partial charge is 0.550 e. The van der Waals surface area contributed by atoms with Crippen LogP contribution in [0.1, 0.15) is 6.92 Å². The molecule has 6 heavy (non-hydrogen) atoms. The van der Waals surface area contributed by atoms with Gasteiger partial charge in [-0.05, 0) is 6.92 Å². The molecule has 0 bridgehead atoms. The number of carbonyl (C=O) groups excluding carboxylic acids is 1. The molecule has 0 fully saturated rings. The second-order valence-electron chi connectivity index (χ2n) is 0.492. The van der Waals surface area contributed by atoms with E-state index in [1.165, 1.54) is 0 Å². The summed E-state index contributed by atoms with van der Waals surface area (Å²) in [5.41, 5.74) is 0. The second-order valence-corrected chi connectivity index (χ2v) is 0.492. The van der Waals surface area contributed by atoms with E-state index in [1.807, 2.05) is 0 Å². The first-order valence-electron chi connectivity index (χ1n) is 0.908. The first-order valence-corrected chi connectivity index (χ1v) is 0.908. The fourth-order valence-corrected chi connectivity index (χ4v) is 0. The van der Waals surface area contributed by atoms with Gasteiger partial charge in [0.25, 0.3) is 0 Å². The molecule has 0 heterocycles. The van der Waals surface area contributed by atoms with Gasteiger partial charge >= 0.3 is 37.3 Å². The van der Waals surface area contributed by atoms with Crippen molar-refractivity contribution in [3.63, 3.8) is 0 Å². The first kappa shape index (κ1) is 15.9. The monoisotopic (exact) mass is 243 g/mol. The Bertz CT molecular complexity index is 31.8. The summed E-state index contributed by atoms with van der Waals surface area (Å²) in [7, 11) is 0. The minimum Gasteiger partial charge on any atom is -0.550 e. The van der Waals surface area contributed by atoms with Crippen molar-refractivity contribution < 1.29 is 52.7 Å². The van der Waals surface area contributed by atoms with Crippen LogP contribution in [0.15, 0.2) is 0 Å². The molecule has 0 aliphatic heterocycles. The van der Waals surface area contributed by atoms with Crippen LogP contribution in [0.5, 0.6) is 0 Å². The van der Waals surface area contributed by atoms with Crippen LogP contribution in [0.3, 0.4) is 0 Å². The first-order chi connectivity index (χ1) is 1.73. The molecule has 0 rings (SSSR count). The Labute approximate surface area is 65.2 Å². The normalized spacial score (nSPS) is 4.17. The Morgan fingerprint density at radius 2 is 1.67 bits per heavy atom. The molecule has 0 unspecified atom stereocenters. The van der Waals surface area contributed by atoms with Gasteiger partial charge in [-0.3, -0.25) is 0 Å². The van der Waals surface area contributed by atoms with Crippen molar-refractivity contribution in [3.05, 3.63) is 0 Å². The summed E-state index contributed by atoms with van der Waals surface area (Å²) in [6, 6.07) is 0. The SMILES string of the molecule is CC(=O)[O-].O.[Er+3]. The molecular weight excluding hydrogens is 239 g/mol. The zero-order valence-electron chi connectivity index (χ0n) is 3.11. The molecule has 0 aromatic rings. The third-order valence-electron chi connectivity index (χ3n) is 0. The van der Waals surface area contributed by atoms with Gasteiger partial charge in [0.15, 0.2) is 0 Å². The standard InChI is InChI=1S/C2H4O2.Er.H2O/c1-2(3)4;;/h1H3,(H,3,4);;1H2/q;+3;/p-1. The third kappa shape index (κ3) is 138. The topological polar surface area (TPSA) is 71.6 Å². The van der Waals surface area contributed by atoms with Crippen molar-refractivity contribution >= 4 is 5.97 Å². The molecule has 0 aliphatic carbocycles. The van der Waals surface area contributed by atoms with Crippen LogP contribution in [0.25, 0.3) is 0 Å². The molecule has 0 aliphatic rings. The average Bonchev–Trinajstić information content (AvgIpc) is 0.811. The summed E-state index contributed by atoms with van der Waals surface area (Å²) >= 11 is 0. The van der Waals surface area contributed by atoms with Gasteiger partial charge in [-0.1, -0.05) is 0 Å². The Morgan fingerprint density at radius 3 is 1.67 bits per heavy atom. The molecule has 41 valence electrons. The van der Waals surface area contributed by atoms with Gasteiger partial charge < -0.3 is 15.4 Å². The number of carbonyl (C=O) groups is 1. The van der Waals surface area contributed by atoms with Crippen LogP contribution in [0.2, 0.25) is 0 Å². The predicted octanol–water partition coefficient (Wildman–Crippen LogP) is -2.07. The molecule has 1 radical (unpaired) electrons. The van der Waals surface area contributed by atoms with E-state index in [4.69, 9.17) is 9.90 Å². The van der Waals surface area contributed by atoms with Gasteiger partial charge in [0.2, 0.25) is 0 Å². The Kier molecular flexibility index (Phi) is 24.4. The number of carboxylic acid groups (broad SMARTS) is 1. The maximum absolute atomic E-state index is 8.89. The van der Waals surface area contributed by atoms with E-state index >= 15 is 0 Å². The number of rotatable bonds is 0. The van der Waals surface area contributed by atoms with E-state index in [1.54, 1.807) is 0 Å². The maximum Gasteiger partial charge on any atom is 3.00 e. The van der Waals surface area contributed by atoms with Crippen LogP contribution in [-0.2, 0) is 4.79 Å². The van der Waals surface area contributed by atoms with Crippen molar-refractivity contribution in [1.29, 1.82) is 0 Å². The molecule has 0 saturated heterocycles. The number of hydrogen-bond donors (Lipinski definition) is 0. The van der Waals surface area contributed by atoms with E-state index in [-0.39, 0.29) is 42.8 Å². The number of carboxylic acids is 1. The Balaban J connectivity index is -0.0000000450. The summed E-state index contributed by atoms with van der Waals surface area (Å²) in [5.74, 6) is -1.08.